The lowest BCUT2D eigenvalue weighted by Gasteiger charge is -2.11. The zero-order chi connectivity index (χ0) is 23.2. The van der Waals surface area contributed by atoms with Gasteiger partial charge in [0.25, 0.3) is 5.91 Å². The quantitative estimate of drug-likeness (QED) is 0.407. The van der Waals surface area contributed by atoms with Gasteiger partial charge in [0.2, 0.25) is 5.88 Å². The molecule has 33 heavy (non-hydrogen) atoms. The summed E-state index contributed by atoms with van der Waals surface area (Å²) >= 11 is 0. The van der Waals surface area contributed by atoms with Crippen molar-refractivity contribution in [1.82, 2.24) is 9.97 Å². The summed E-state index contributed by atoms with van der Waals surface area (Å²) in [7, 11) is 3.11. The lowest BCUT2D eigenvalue weighted by molar-refractivity contribution is 0.102. The van der Waals surface area contributed by atoms with E-state index in [1.165, 1.54) is 0 Å². The van der Waals surface area contributed by atoms with Crippen LogP contribution >= 0.6 is 0 Å². The second-order valence-corrected chi connectivity index (χ2v) is 7.24. The van der Waals surface area contributed by atoms with Gasteiger partial charge in [-0.1, -0.05) is 23.8 Å². The molecule has 7 nitrogen and oxygen atoms in total. The van der Waals surface area contributed by atoms with E-state index in [1.807, 2.05) is 31.2 Å². The fourth-order valence-electron chi connectivity index (χ4n) is 3.23. The molecule has 0 saturated carbocycles. The van der Waals surface area contributed by atoms with Gasteiger partial charge in [-0.3, -0.25) is 4.79 Å². The van der Waals surface area contributed by atoms with Crippen molar-refractivity contribution in [2.75, 3.05) is 19.5 Å². The summed E-state index contributed by atoms with van der Waals surface area (Å²) in [6, 6.07) is 21.7. The molecule has 1 heterocycles. The van der Waals surface area contributed by atoms with Gasteiger partial charge >= 0.3 is 0 Å². The molecule has 0 aliphatic heterocycles. The molecule has 0 atom stereocenters. The molecule has 0 spiro atoms. The minimum Gasteiger partial charge on any atom is -0.493 e. The molecule has 0 radical (unpaired) electrons. The van der Waals surface area contributed by atoms with Crippen molar-refractivity contribution in [3.63, 3.8) is 0 Å². The van der Waals surface area contributed by atoms with Crippen LogP contribution in [0.1, 0.15) is 15.9 Å². The molecule has 1 N–H and O–H groups in total. The van der Waals surface area contributed by atoms with E-state index in [-0.39, 0.29) is 5.91 Å². The van der Waals surface area contributed by atoms with E-state index in [2.05, 4.69) is 15.3 Å². The summed E-state index contributed by atoms with van der Waals surface area (Å²) in [5.41, 5.74) is 3.13. The highest BCUT2D eigenvalue weighted by molar-refractivity contribution is 6.04. The number of nitrogens with zero attached hydrogens (tertiary/aromatic N) is 2. The SMILES string of the molecule is COc1ccc(NC(=O)c2ccc(Oc3ccnc(-c4cccc(C)c4)n3)cc2)cc1OC. The van der Waals surface area contributed by atoms with Gasteiger partial charge in [-0.15, -0.1) is 0 Å². The molecule has 0 aliphatic carbocycles. The zero-order valence-corrected chi connectivity index (χ0v) is 18.5. The van der Waals surface area contributed by atoms with Crippen LogP contribution in [-0.2, 0) is 0 Å². The normalized spacial score (nSPS) is 10.4. The molecule has 1 aromatic heterocycles. The van der Waals surface area contributed by atoms with E-state index in [0.29, 0.717) is 40.2 Å². The Morgan fingerprint density at radius 3 is 2.39 bits per heavy atom. The number of amides is 1. The first-order valence-corrected chi connectivity index (χ1v) is 10.3. The highest BCUT2D eigenvalue weighted by atomic mass is 16.5. The number of carbonyl (C=O) groups is 1. The lowest BCUT2D eigenvalue weighted by Crippen LogP contribution is -2.11. The molecule has 0 fully saturated rings. The molecule has 4 rings (SSSR count). The average Bonchev–Trinajstić information content (AvgIpc) is 2.84. The van der Waals surface area contributed by atoms with Gasteiger partial charge in [-0.2, -0.15) is 4.98 Å². The van der Waals surface area contributed by atoms with Crippen LogP contribution < -0.4 is 19.5 Å². The maximum absolute atomic E-state index is 12.6. The Hall–Kier alpha value is -4.39. The molecule has 0 unspecified atom stereocenters. The molecule has 0 aliphatic rings. The predicted molar refractivity (Wildman–Crippen MR) is 126 cm³/mol. The number of methoxy groups -OCH3 is 2. The molecule has 0 saturated heterocycles. The van der Waals surface area contributed by atoms with E-state index in [1.54, 1.807) is 68.9 Å². The van der Waals surface area contributed by atoms with E-state index in [9.17, 15) is 4.79 Å². The maximum Gasteiger partial charge on any atom is 0.255 e. The number of anilines is 1. The molecule has 0 bridgehead atoms. The first-order chi connectivity index (χ1) is 16.1. The monoisotopic (exact) mass is 441 g/mol. The van der Waals surface area contributed by atoms with Crippen molar-refractivity contribution in [2.45, 2.75) is 6.92 Å². The Morgan fingerprint density at radius 1 is 0.879 bits per heavy atom. The first-order valence-electron chi connectivity index (χ1n) is 10.3. The summed E-state index contributed by atoms with van der Waals surface area (Å²) in [6.07, 6.45) is 1.66. The highest BCUT2D eigenvalue weighted by Crippen LogP contribution is 2.30. The van der Waals surface area contributed by atoms with Gasteiger partial charge < -0.3 is 19.5 Å². The summed E-state index contributed by atoms with van der Waals surface area (Å²) in [4.78, 5) is 21.4. The van der Waals surface area contributed by atoms with Gasteiger partial charge in [0.05, 0.1) is 14.2 Å². The molecule has 3 aromatic carbocycles. The van der Waals surface area contributed by atoms with Crippen molar-refractivity contribution >= 4 is 11.6 Å². The second kappa shape index (κ2) is 9.82. The number of aryl methyl sites for hydroxylation is 1. The number of hydrogen-bond acceptors (Lipinski definition) is 6. The Kier molecular flexibility index (Phi) is 6.50. The summed E-state index contributed by atoms with van der Waals surface area (Å²) < 4.78 is 16.4. The number of hydrogen-bond donors (Lipinski definition) is 1. The Morgan fingerprint density at radius 2 is 1.67 bits per heavy atom. The van der Waals surface area contributed by atoms with E-state index in [4.69, 9.17) is 14.2 Å². The Labute approximate surface area is 192 Å². The fraction of sp³-hybridized carbons (Fsp3) is 0.115. The third-order valence-electron chi connectivity index (χ3n) is 4.89. The van der Waals surface area contributed by atoms with Crippen LogP contribution in [0.4, 0.5) is 5.69 Å². The van der Waals surface area contributed by atoms with E-state index < -0.39 is 0 Å². The number of ether oxygens (including phenoxy) is 3. The van der Waals surface area contributed by atoms with Crippen molar-refractivity contribution < 1.29 is 19.0 Å². The van der Waals surface area contributed by atoms with Crippen molar-refractivity contribution in [1.29, 1.82) is 0 Å². The zero-order valence-electron chi connectivity index (χ0n) is 18.5. The number of rotatable bonds is 7. The number of benzene rings is 3. The number of nitrogens with one attached hydrogen (secondary N) is 1. The van der Waals surface area contributed by atoms with Crippen LogP contribution in [0, 0.1) is 6.92 Å². The van der Waals surface area contributed by atoms with Crippen LogP contribution in [0.2, 0.25) is 0 Å². The molecule has 7 heteroatoms. The van der Waals surface area contributed by atoms with Crippen LogP contribution in [0.3, 0.4) is 0 Å². The summed E-state index contributed by atoms with van der Waals surface area (Å²) in [6.45, 7) is 2.02. The smallest absolute Gasteiger partial charge is 0.255 e. The molecule has 4 aromatic rings. The number of carbonyl (C=O) groups excluding carboxylic acids is 1. The molecular weight excluding hydrogens is 418 g/mol. The van der Waals surface area contributed by atoms with E-state index >= 15 is 0 Å². The number of aromatic nitrogens is 2. The van der Waals surface area contributed by atoms with Crippen LogP contribution in [0.15, 0.2) is 79.0 Å². The van der Waals surface area contributed by atoms with Crippen LogP contribution in [0.25, 0.3) is 11.4 Å². The average molecular weight is 441 g/mol. The van der Waals surface area contributed by atoms with Crippen LogP contribution in [-0.4, -0.2) is 30.1 Å². The molecular formula is C26H23N3O4. The fourth-order valence-corrected chi connectivity index (χ4v) is 3.23. The Bertz CT molecular complexity index is 1270. The maximum atomic E-state index is 12.6. The highest BCUT2D eigenvalue weighted by Gasteiger charge is 2.10. The van der Waals surface area contributed by atoms with Crippen molar-refractivity contribution in [3.05, 3.63) is 90.1 Å². The van der Waals surface area contributed by atoms with Crippen LogP contribution in [0.5, 0.6) is 23.1 Å². The lowest BCUT2D eigenvalue weighted by atomic mass is 10.1. The van der Waals surface area contributed by atoms with Crippen molar-refractivity contribution in [2.24, 2.45) is 0 Å². The molecule has 166 valence electrons. The van der Waals surface area contributed by atoms with Crippen molar-refractivity contribution in [3.8, 4) is 34.5 Å². The minimum absolute atomic E-state index is 0.252. The van der Waals surface area contributed by atoms with Gasteiger partial charge in [0.1, 0.15) is 5.75 Å². The molecule has 1 amide bonds. The largest absolute Gasteiger partial charge is 0.493 e. The van der Waals surface area contributed by atoms with Gasteiger partial charge in [-0.05, 0) is 49.4 Å². The summed E-state index contributed by atoms with van der Waals surface area (Å²) in [5, 5.41) is 2.85. The topological polar surface area (TPSA) is 82.6 Å². The van der Waals surface area contributed by atoms with Gasteiger partial charge in [0.15, 0.2) is 17.3 Å². The summed E-state index contributed by atoms with van der Waals surface area (Å²) in [5.74, 6) is 2.44. The van der Waals surface area contributed by atoms with Gasteiger partial charge in [-0.25, -0.2) is 4.98 Å². The minimum atomic E-state index is -0.252. The Balaban J connectivity index is 1.44. The van der Waals surface area contributed by atoms with E-state index in [0.717, 1.165) is 11.1 Å². The standard InChI is InChI=1S/C26H23N3O4/c1-17-5-4-6-19(15-17)25-27-14-13-24(29-25)33-21-10-7-18(8-11-21)26(30)28-20-9-12-22(31-2)23(16-20)32-3/h4-16H,1-3H3,(H,28,30). The second-order valence-electron chi connectivity index (χ2n) is 7.24. The third-order valence-corrected chi connectivity index (χ3v) is 4.89. The first kappa shape index (κ1) is 21.8. The van der Waals surface area contributed by atoms with Gasteiger partial charge in [0, 0.05) is 35.1 Å². The predicted octanol–water partition coefficient (Wildman–Crippen LogP) is 5.51. The third kappa shape index (κ3) is 5.27.